The van der Waals surface area contributed by atoms with Crippen LogP contribution in [0, 0.1) is 6.92 Å². The highest BCUT2D eigenvalue weighted by molar-refractivity contribution is 5.90. The molecular weight excluding hydrogens is 438 g/mol. The van der Waals surface area contributed by atoms with E-state index in [1.807, 2.05) is 60.4 Å². The number of methoxy groups -OCH3 is 1. The smallest absolute Gasteiger partial charge is 0.227 e. The van der Waals surface area contributed by atoms with E-state index in [0.717, 1.165) is 33.9 Å². The SMILES string of the molecule is COc1ccc(Nc2cc(C)nc(N3CCN(C(=O)Cc4cccc5ccccc45)CC3)n2)cc1. The van der Waals surface area contributed by atoms with Gasteiger partial charge < -0.3 is 19.9 Å². The maximum atomic E-state index is 13.1. The fourth-order valence-electron chi connectivity index (χ4n) is 4.46. The molecule has 7 heteroatoms. The molecule has 0 unspecified atom stereocenters. The van der Waals surface area contributed by atoms with Crippen LogP contribution in [0.15, 0.2) is 72.8 Å². The lowest BCUT2D eigenvalue weighted by atomic mass is 10.0. The zero-order valence-electron chi connectivity index (χ0n) is 20.1. The van der Waals surface area contributed by atoms with Gasteiger partial charge in [-0.1, -0.05) is 42.5 Å². The minimum Gasteiger partial charge on any atom is -0.497 e. The van der Waals surface area contributed by atoms with Crippen molar-refractivity contribution in [2.75, 3.05) is 43.5 Å². The molecule has 1 amide bonds. The number of piperazine rings is 1. The summed E-state index contributed by atoms with van der Waals surface area (Å²) < 4.78 is 5.23. The molecule has 3 aromatic carbocycles. The van der Waals surface area contributed by atoms with Gasteiger partial charge in [-0.05, 0) is 47.5 Å². The molecule has 0 atom stereocenters. The fraction of sp³-hybridized carbons (Fsp3) is 0.250. The summed E-state index contributed by atoms with van der Waals surface area (Å²) in [5.74, 6) is 2.39. The van der Waals surface area contributed by atoms with Crippen LogP contribution in [0.2, 0.25) is 0 Å². The van der Waals surface area contributed by atoms with Crippen molar-refractivity contribution in [1.82, 2.24) is 14.9 Å². The highest BCUT2D eigenvalue weighted by Crippen LogP contribution is 2.23. The van der Waals surface area contributed by atoms with Crippen molar-refractivity contribution in [3.63, 3.8) is 0 Å². The first-order valence-electron chi connectivity index (χ1n) is 11.9. The fourth-order valence-corrected chi connectivity index (χ4v) is 4.46. The van der Waals surface area contributed by atoms with E-state index in [-0.39, 0.29) is 5.91 Å². The van der Waals surface area contributed by atoms with Crippen molar-refractivity contribution in [3.05, 3.63) is 84.1 Å². The number of rotatable bonds is 6. The Morgan fingerprint density at radius 1 is 0.943 bits per heavy atom. The van der Waals surface area contributed by atoms with Gasteiger partial charge in [0.2, 0.25) is 11.9 Å². The van der Waals surface area contributed by atoms with Crippen LogP contribution in [0.25, 0.3) is 10.8 Å². The number of benzene rings is 3. The lowest BCUT2D eigenvalue weighted by Crippen LogP contribution is -2.49. The van der Waals surface area contributed by atoms with Crippen LogP contribution in [0.4, 0.5) is 17.5 Å². The van der Waals surface area contributed by atoms with Crippen LogP contribution in [-0.4, -0.2) is 54.1 Å². The van der Waals surface area contributed by atoms with Gasteiger partial charge in [0.15, 0.2) is 0 Å². The van der Waals surface area contributed by atoms with Crippen LogP contribution in [-0.2, 0) is 11.2 Å². The van der Waals surface area contributed by atoms with Gasteiger partial charge in [-0.15, -0.1) is 0 Å². The van der Waals surface area contributed by atoms with Crippen molar-refractivity contribution in [1.29, 1.82) is 0 Å². The molecule has 7 nitrogen and oxygen atoms in total. The Balaban J connectivity index is 1.23. The molecule has 1 N–H and O–H groups in total. The number of anilines is 3. The first-order chi connectivity index (χ1) is 17.1. The first kappa shape index (κ1) is 22.7. The summed E-state index contributed by atoms with van der Waals surface area (Å²) in [6.07, 6.45) is 0.415. The number of ether oxygens (including phenoxy) is 1. The molecule has 0 bridgehead atoms. The quantitative estimate of drug-likeness (QED) is 0.448. The van der Waals surface area contributed by atoms with E-state index < -0.39 is 0 Å². The highest BCUT2D eigenvalue weighted by atomic mass is 16.5. The molecule has 1 aliphatic heterocycles. The number of nitrogens with zero attached hydrogens (tertiary/aromatic N) is 4. The molecule has 178 valence electrons. The second-order valence-electron chi connectivity index (χ2n) is 8.73. The van der Waals surface area contributed by atoms with Gasteiger partial charge in [-0.25, -0.2) is 4.98 Å². The normalized spacial score (nSPS) is 13.7. The average Bonchev–Trinajstić information content (AvgIpc) is 2.89. The number of hydrogen-bond donors (Lipinski definition) is 1. The summed E-state index contributed by atoms with van der Waals surface area (Å²) in [6, 6.07) is 24.0. The Morgan fingerprint density at radius 3 is 2.46 bits per heavy atom. The number of amides is 1. The van der Waals surface area contributed by atoms with Crippen molar-refractivity contribution < 1.29 is 9.53 Å². The first-order valence-corrected chi connectivity index (χ1v) is 11.9. The zero-order chi connectivity index (χ0) is 24.2. The zero-order valence-corrected chi connectivity index (χ0v) is 20.1. The van der Waals surface area contributed by atoms with E-state index in [9.17, 15) is 4.79 Å². The van der Waals surface area contributed by atoms with Crippen molar-refractivity contribution in [3.8, 4) is 5.75 Å². The molecule has 35 heavy (non-hydrogen) atoms. The summed E-state index contributed by atoms with van der Waals surface area (Å²) in [4.78, 5) is 26.6. The Labute approximate surface area is 205 Å². The minimum atomic E-state index is 0.160. The predicted molar refractivity (Wildman–Crippen MR) is 139 cm³/mol. The van der Waals surface area contributed by atoms with Gasteiger partial charge >= 0.3 is 0 Å². The third-order valence-corrected chi connectivity index (χ3v) is 6.34. The number of hydrogen-bond acceptors (Lipinski definition) is 6. The molecule has 5 rings (SSSR count). The molecule has 0 saturated carbocycles. The molecule has 1 saturated heterocycles. The third kappa shape index (κ3) is 5.19. The van der Waals surface area contributed by atoms with Gasteiger partial charge in [0.25, 0.3) is 0 Å². The molecular formula is C28H29N5O2. The van der Waals surface area contributed by atoms with Crippen molar-refractivity contribution >= 4 is 34.1 Å². The van der Waals surface area contributed by atoms with Gasteiger partial charge in [-0.2, -0.15) is 4.98 Å². The largest absolute Gasteiger partial charge is 0.497 e. The minimum absolute atomic E-state index is 0.160. The van der Waals surface area contributed by atoms with E-state index in [1.54, 1.807) is 7.11 Å². The van der Waals surface area contributed by atoms with Gasteiger partial charge in [0.1, 0.15) is 11.6 Å². The Kier molecular flexibility index (Phi) is 6.48. The van der Waals surface area contributed by atoms with Crippen LogP contribution < -0.4 is 15.0 Å². The monoisotopic (exact) mass is 467 g/mol. The van der Waals surface area contributed by atoms with Crippen LogP contribution >= 0.6 is 0 Å². The van der Waals surface area contributed by atoms with Crippen molar-refractivity contribution in [2.24, 2.45) is 0 Å². The lowest BCUT2D eigenvalue weighted by molar-refractivity contribution is -0.130. The molecule has 4 aromatic rings. The topological polar surface area (TPSA) is 70.6 Å². The predicted octanol–water partition coefficient (Wildman–Crippen LogP) is 4.58. The van der Waals surface area contributed by atoms with E-state index >= 15 is 0 Å². The lowest BCUT2D eigenvalue weighted by Gasteiger charge is -2.35. The average molecular weight is 468 g/mol. The Bertz CT molecular complexity index is 1330. The number of fused-ring (bicyclic) bond motifs is 1. The number of aromatic nitrogens is 2. The standard InChI is InChI=1S/C28H29N5O2/c1-20-18-26(30-23-10-12-24(35-2)13-11-23)31-28(29-20)33-16-14-32(15-17-33)27(34)19-22-8-5-7-21-6-3-4-9-25(21)22/h3-13,18H,14-17,19H2,1-2H3,(H,29,30,31). The summed E-state index contributed by atoms with van der Waals surface area (Å²) in [7, 11) is 1.65. The number of nitrogens with one attached hydrogen (secondary N) is 1. The summed E-state index contributed by atoms with van der Waals surface area (Å²) >= 11 is 0. The maximum Gasteiger partial charge on any atom is 0.227 e. The molecule has 0 spiro atoms. The molecule has 1 aliphatic rings. The summed E-state index contributed by atoms with van der Waals surface area (Å²) in [5, 5.41) is 5.66. The third-order valence-electron chi connectivity index (χ3n) is 6.34. The van der Waals surface area contributed by atoms with E-state index in [4.69, 9.17) is 9.72 Å². The second-order valence-corrected chi connectivity index (χ2v) is 8.73. The van der Waals surface area contributed by atoms with Crippen LogP contribution in [0.5, 0.6) is 5.75 Å². The summed E-state index contributed by atoms with van der Waals surface area (Å²) in [5.41, 5.74) is 2.89. The Morgan fingerprint density at radius 2 is 1.69 bits per heavy atom. The molecule has 1 aromatic heterocycles. The van der Waals surface area contributed by atoms with Gasteiger partial charge in [0.05, 0.1) is 13.5 Å². The number of carbonyl (C=O) groups is 1. The highest BCUT2D eigenvalue weighted by Gasteiger charge is 2.23. The number of carbonyl (C=O) groups excluding carboxylic acids is 1. The van der Waals surface area contributed by atoms with Crippen LogP contribution in [0.1, 0.15) is 11.3 Å². The van der Waals surface area contributed by atoms with E-state index in [1.165, 1.54) is 5.39 Å². The number of aryl methyl sites for hydroxylation is 1. The molecule has 2 heterocycles. The maximum absolute atomic E-state index is 13.1. The van der Waals surface area contributed by atoms with Crippen molar-refractivity contribution in [2.45, 2.75) is 13.3 Å². The van der Waals surface area contributed by atoms with E-state index in [2.05, 4.69) is 39.5 Å². The van der Waals surface area contributed by atoms with Gasteiger partial charge in [-0.3, -0.25) is 4.79 Å². The molecule has 0 aliphatic carbocycles. The Hall–Kier alpha value is -4.13. The molecule has 0 radical (unpaired) electrons. The van der Waals surface area contributed by atoms with Crippen LogP contribution in [0.3, 0.4) is 0 Å². The summed E-state index contributed by atoms with van der Waals surface area (Å²) in [6.45, 7) is 4.68. The molecule has 1 fully saturated rings. The second kappa shape index (κ2) is 10.0. The van der Waals surface area contributed by atoms with E-state index in [0.29, 0.717) is 38.5 Å². The van der Waals surface area contributed by atoms with Gasteiger partial charge in [0, 0.05) is 43.6 Å².